The van der Waals surface area contributed by atoms with Crippen LogP contribution in [0.4, 0.5) is 10.1 Å². The van der Waals surface area contributed by atoms with Gasteiger partial charge in [0, 0.05) is 9.61 Å². The lowest BCUT2D eigenvalue weighted by Gasteiger charge is -2.11. The number of sulfonamides is 1. The summed E-state index contributed by atoms with van der Waals surface area (Å²) >= 11 is 1.90. The number of rotatable bonds is 7. The molecule has 4 nitrogen and oxygen atoms in total. The van der Waals surface area contributed by atoms with Crippen LogP contribution in [-0.4, -0.2) is 26.8 Å². The zero-order valence-electron chi connectivity index (χ0n) is 10.9. The average molecular weight is 400 g/mol. The quantitative estimate of drug-likeness (QED) is 0.547. The van der Waals surface area contributed by atoms with Crippen molar-refractivity contribution in [3.63, 3.8) is 0 Å². The summed E-state index contributed by atoms with van der Waals surface area (Å²) in [5.41, 5.74) is 0.416. The third-order valence-corrected chi connectivity index (χ3v) is 4.59. The molecule has 0 radical (unpaired) electrons. The minimum atomic E-state index is -3.39. The van der Waals surface area contributed by atoms with Gasteiger partial charge in [-0.2, -0.15) is 0 Å². The highest BCUT2D eigenvalue weighted by Crippen LogP contribution is 2.20. The summed E-state index contributed by atoms with van der Waals surface area (Å²) in [6, 6.07) is 4.30. The van der Waals surface area contributed by atoms with Gasteiger partial charge in [-0.25, -0.2) is 12.8 Å². The van der Waals surface area contributed by atoms with Crippen LogP contribution in [0.5, 0.6) is 0 Å². The lowest BCUT2D eigenvalue weighted by Crippen LogP contribution is -2.26. The summed E-state index contributed by atoms with van der Waals surface area (Å²) < 4.78 is 39.6. The highest BCUT2D eigenvalue weighted by Gasteiger charge is 2.12. The van der Waals surface area contributed by atoms with E-state index in [1.54, 1.807) is 0 Å². The van der Waals surface area contributed by atoms with Crippen molar-refractivity contribution in [2.24, 2.45) is 0 Å². The molecule has 108 valence electrons. The monoisotopic (exact) mass is 400 g/mol. The first kappa shape index (κ1) is 16.6. The Balaban J connectivity index is 2.54. The van der Waals surface area contributed by atoms with Gasteiger partial charge in [0.1, 0.15) is 5.82 Å². The van der Waals surface area contributed by atoms with E-state index < -0.39 is 10.0 Å². The van der Waals surface area contributed by atoms with Gasteiger partial charge in [0.25, 0.3) is 0 Å². The molecular weight excluding hydrogens is 382 g/mol. The van der Waals surface area contributed by atoms with Crippen molar-refractivity contribution in [2.45, 2.75) is 26.3 Å². The normalized spacial score (nSPS) is 11.8. The highest BCUT2D eigenvalue weighted by atomic mass is 127. The first-order valence-corrected chi connectivity index (χ1v) is 8.72. The zero-order valence-corrected chi connectivity index (χ0v) is 13.9. The minimum absolute atomic E-state index is 0.0418. The van der Waals surface area contributed by atoms with Gasteiger partial charge in [-0.1, -0.05) is 13.8 Å². The van der Waals surface area contributed by atoms with Crippen LogP contribution >= 0.6 is 22.6 Å². The Morgan fingerprint density at radius 3 is 2.63 bits per heavy atom. The molecule has 1 rings (SSSR count). The second kappa shape index (κ2) is 7.39. The number of hydrogen-bond acceptors (Lipinski definition) is 3. The fraction of sp³-hybridized carbons (Fsp3) is 0.500. The summed E-state index contributed by atoms with van der Waals surface area (Å²) in [4.78, 5) is 0. The number of hydrogen-bond donors (Lipinski definition) is 2. The van der Waals surface area contributed by atoms with Gasteiger partial charge < -0.3 is 5.32 Å². The van der Waals surface area contributed by atoms with Crippen molar-refractivity contribution in [3.05, 3.63) is 27.6 Å². The molecule has 0 aliphatic carbocycles. The molecule has 1 aromatic carbocycles. The fourth-order valence-electron chi connectivity index (χ4n) is 1.44. The van der Waals surface area contributed by atoms with E-state index in [9.17, 15) is 12.8 Å². The van der Waals surface area contributed by atoms with E-state index in [4.69, 9.17) is 0 Å². The van der Waals surface area contributed by atoms with Crippen molar-refractivity contribution < 1.29 is 12.8 Å². The summed E-state index contributed by atoms with van der Waals surface area (Å²) in [7, 11) is -3.39. The zero-order chi connectivity index (χ0) is 14.5. The third kappa shape index (κ3) is 6.53. The molecule has 0 aliphatic rings. The lowest BCUT2D eigenvalue weighted by atomic mass is 10.3. The summed E-state index contributed by atoms with van der Waals surface area (Å²) in [5.74, 6) is -0.339. The molecule has 0 spiro atoms. The van der Waals surface area contributed by atoms with Gasteiger partial charge >= 0.3 is 0 Å². The summed E-state index contributed by atoms with van der Waals surface area (Å²) in [6.07, 6.45) is 0.533. The minimum Gasteiger partial charge on any atom is -0.314 e. The van der Waals surface area contributed by atoms with E-state index in [1.807, 2.05) is 36.4 Å². The molecular formula is C12H18FIN2O2S. The summed E-state index contributed by atoms with van der Waals surface area (Å²) in [5, 5.41) is 3.16. The van der Waals surface area contributed by atoms with Crippen molar-refractivity contribution in [2.75, 3.05) is 17.0 Å². The Hall–Kier alpha value is -0.410. The Bertz CT molecular complexity index is 520. The number of nitrogens with one attached hydrogen (secondary N) is 2. The van der Waals surface area contributed by atoms with Crippen LogP contribution in [0.2, 0.25) is 0 Å². The molecule has 0 aliphatic heterocycles. The average Bonchev–Trinajstić information content (AvgIpc) is 2.28. The van der Waals surface area contributed by atoms with Gasteiger partial charge in [0.2, 0.25) is 10.0 Å². The second-order valence-electron chi connectivity index (χ2n) is 4.51. The van der Waals surface area contributed by atoms with Crippen molar-refractivity contribution in [1.82, 2.24) is 5.32 Å². The van der Waals surface area contributed by atoms with Crippen LogP contribution in [-0.2, 0) is 10.0 Å². The smallest absolute Gasteiger partial charge is 0.232 e. The van der Waals surface area contributed by atoms with E-state index in [0.29, 0.717) is 28.3 Å². The standard InChI is InChI=1S/C12H18FIN2O2S/c1-9(2)15-6-3-7-19(17,18)16-12-5-4-10(13)8-11(12)14/h4-5,8-9,15-16H,3,6-7H2,1-2H3. The maximum Gasteiger partial charge on any atom is 0.232 e. The second-order valence-corrected chi connectivity index (χ2v) is 7.51. The topological polar surface area (TPSA) is 58.2 Å². The van der Waals surface area contributed by atoms with Crippen LogP contribution in [0.3, 0.4) is 0 Å². The predicted molar refractivity (Wildman–Crippen MR) is 84.3 cm³/mol. The van der Waals surface area contributed by atoms with E-state index in [-0.39, 0.29) is 11.6 Å². The van der Waals surface area contributed by atoms with Crippen LogP contribution < -0.4 is 10.0 Å². The van der Waals surface area contributed by atoms with Crippen LogP contribution in [0.15, 0.2) is 18.2 Å². The molecule has 0 unspecified atom stereocenters. The molecule has 0 heterocycles. The molecule has 0 fully saturated rings. The molecule has 0 saturated carbocycles. The van der Waals surface area contributed by atoms with E-state index in [0.717, 1.165) is 0 Å². The van der Waals surface area contributed by atoms with Crippen molar-refractivity contribution >= 4 is 38.3 Å². The van der Waals surface area contributed by atoms with Crippen LogP contribution in [0.25, 0.3) is 0 Å². The molecule has 2 N–H and O–H groups in total. The van der Waals surface area contributed by atoms with Gasteiger partial charge in [0.05, 0.1) is 11.4 Å². The maximum absolute atomic E-state index is 12.9. The maximum atomic E-state index is 12.9. The van der Waals surface area contributed by atoms with Gasteiger partial charge in [-0.15, -0.1) is 0 Å². The van der Waals surface area contributed by atoms with Gasteiger partial charge in [0.15, 0.2) is 0 Å². The Labute approximate surface area is 127 Å². The Morgan fingerprint density at radius 1 is 1.37 bits per heavy atom. The molecule has 0 amide bonds. The van der Waals surface area contributed by atoms with Crippen molar-refractivity contribution in [1.29, 1.82) is 0 Å². The van der Waals surface area contributed by atoms with Crippen LogP contribution in [0.1, 0.15) is 20.3 Å². The largest absolute Gasteiger partial charge is 0.314 e. The number of benzene rings is 1. The number of halogens is 2. The van der Waals surface area contributed by atoms with E-state index in [1.165, 1.54) is 18.2 Å². The Morgan fingerprint density at radius 2 is 2.05 bits per heavy atom. The molecule has 19 heavy (non-hydrogen) atoms. The number of anilines is 1. The van der Waals surface area contributed by atoms with Gasteiger partial charge in [-0.05, 0) is 53.8 Å². The molecule has 0 aromatic heterocycles. The predicted octanol–water partition coefficient (Wildman–Crippen LogP) is 2.56. The van der Waals surface area contributed by atoms with E-state index >= 15 is 0 Å². The van der Waals surface area contributed by atoms with Crippen LogP contribution in [0, 0.1) is 9.39 Å². The van der Waals surface area contributed by atoms with Gasteiger partial charge in [-0.3, -0.25) is 4.72 Å². The third-order valence-electron chi connectivity index (χ3n) is 2.34. The van der Waals surface area contributed by atoms with Crippen molar-refractivity contribution in [3.8, 4) is 0 Å². The molecule has 0 bridgehead atoms. The first-order valence-electron chi connectivity index (χ1n) is 5.99. The molecule has 0 atom stereocenters. The summed E-state index contributed by atoms with van der Waals surface area (Å²) in [6.45, 7) is 4.67. The SMILES string of the molecule is CC(C)NCCCS(=O)(=O)Nc1ccc(F)cc1I. The van der Waals surface area contributed by atoms with E-state index in [2.05, 4.69) is 10.0 Å². The molecule has 0 saturated heterocycles. The highest BCUT2D eigenvalue weighted by molar-refractivity contribution is 14.1. The molecule has 1 aromatic rings. The fourth-order valence-corrected chi connectivity index (χ4v) is 3.38. The molecule has 7 heteroatoms. The Kier molecular flexibility index (Phi) is 6.48. The lowest BCUT2D eigenvalue weighted by molar-refractivity contribution is 0.571. The first-order chi connectivity index (χ1) is 8.80.